The van der Waals surface area contributed by atoms with Gasteiger partial charge in [0.2, 0.25) is 10.0 Å². The highest BCUT2D eigenvalue weighted by molar-refractivity contribution is 7.89. The quantitative estimate of drug-likeness (QED) is 0.476. The van der Waals surface area contributed by atoms with Crippen molar-refractivity contribution in [1.82, 2.24) is 19.4 Å². The summed E-state index contributed by atoms with van der Waals surface area (Å²) in [5, 5.41) is 15.7. The van der Waals surface area contributed by atoms with Gasteiger partial charge in [-0.1, -0.05) is 45.4 Å². The van der Waals surface area contributed by atoms with Crippen molar-refractivity contribution in [2.24, 2.45) is 0 Å². The molecule has 0 saturated heterocycles. The first-order valence-corrected chi connectivity index (χ1v) is 12.7. The molecule has 0 spiro atoms. The SMILES string of the molecule is CC(C)c1nn(Cc2ccc(S(=O)(=O)N(C)C)c(Cl)c2)c(C(C)C)c1C/C(F)=C/CNC(=O)O. The monoisotopic (exact) mass is 514 g/mol. The molecule has 34 heavy (non-hydrogen) atoms. The molecule has 2 rings (SSSR count). The first-order chi connectivity index (χ1) is 15.7. The van der Waals surface area contributed by atoms with Gasteiger partial charge in [0.15, 0.2) is 0 Å². The second-order valence-corrected chi connectivity index (χ2v) is 11.3. The Kier molecular flexibility index (Phi) is 9.27. The Morgan fingerprint density at radius 1 is 1.26 bits per heavy atom. The second-order valence-electron chi connectivity index (χ2n) is 8.78. The molecule has 11 heteroatoms. The Bertz CT molecular complexity index is 1170. The van der Waals surface area contributed by atoms with Crippen LogP contribution < -0.4 is 5.32 Å². The lowest BCUT2D eigenvalue weighted by Crippen LogP contribution is -2.22. The van der Waals surface area contributed by atoms with Crippen LogP contribution in [-0.4, -0.2) is 54.3 Å². The maximum atomic E-state index is 14.6. The van der Waals surface area contributed by atoms with Crippen LogP contribution in [0.25, 0.3) is 0 Å². The van der Waals surface area contributed by atoms with Gasteiger partial charge >= 0.3 is 6.09 Å². The van der Waals surface area contributed by atoms with Crippen molar-refractivity contribution in [1.29, 1.82) is 0 Å². The van der Waals surface area contributed by atoms with Gasteiger partial charge in [0.1, 0.15) is 10.7 Å². The summed E-state index contributed by atoms with van der Waals surface area (Å²) in [6.07, 6.45) is -0.00224. The normalized spacial score (nSPS) is 12.7. The van der Waals surface area contributed by atoms with E-state index in [-0.39, 0.29) is 34.7 Å². The van der Waals surface area contributed by atoms with E-state index >= 15 is 0 Å². The minimum atomic E-state index is -3.67. The summed E-state index contributed by atoms with van der Waals surface area (Å²) in [5.41, 5.74) is 3.15. The molecule has 1 aromatic carbocycles. The van der Waals surface area contributed by atoms with Crippen LogP contribution >= 0.6 is 11.6 Å². The van der Waals surface area contributed by atoms with E-state index in [1.54, 1.807) is 12.1 Å². The van der Waals surface area contributed by atoms with Gasteiger partial charge in [0, 0.05) is 38.3 Å². The molecule has 0 atom stereocenters. The van der Waals surface area contributed by atoms with Crippen molar-refractivity contribution in [2.75, 3.05) is 20.6 Å². The number of hydrogen-bond donors (Lipinski definition) is 2. The molecule has 0 aliphatic carbocycles. The first kappa shape index (κ1) is 27.8. The Labute approximate surface area is 205 Å². The van der Waals surface area contributed by atoms with E-state index in [2.05, 4.69) is 5.32 Å². The van der Waals surface area contributed by atoms with Gasteiger partial charge in [-0.05, 0) is 35.6 Å². The fraction of sp³-hybridized carbons (Fsp3) is 0.478. The number of rotatable bonds is 10. The minimum Gasteiger partial charge on any atom is -0.465 e. The van der Waals surface area contributed by atoms with E-state index < -0.39 is 21.9 Å². The summed E-state index contributed by atoms with van der Waals surface area (Å²) < 4.78 is 42.5. The summed E-state index contributed by atoms with van der Waals surface area (Å²) in [4.78, 5) is 10.6. The van der Waals surface area contributed by atoms with Crippen molar-refractivity contribution in [2.45, 2.75) is 57.4 Å². The Balaban J connectivity index is 2.46. The lowest BCUT2D eigenvalue weighted by Gasteiger charge is -2.15. The predicted octanol–water partition coefficient (Wildman–Crippen LogP) is 4.75. The molecule has 2 N–H and O–H groups in total. The third-order valence-electron chi connectivity index (χ3n) is 5.23. The fourth-order valence-electron chi connectivity index (χ4n) is 3.66. The number of allylic oxidation sites excluding steroid dienone is 1. The molecule has 1 aromatic heterocycles. The number of hydrogen-bond acceptors (Lipinski definition) is 4. The van der Waals surface area contributed by atoms with Crippen LogP contribution in [0.2, 0.25) is 5.02 Å². The lowest BCUT2D eigenvalue weighted by atomic mass is 9.96. The zero-order chi connectivity index (χ0) is 25.8. The molecule has 0 saturated carbocycles. The summed E-state index contributed by atoms with van der Waals surface area (Å²) in [7, 11) is -0.784. The van der Waals surface area contributed by atoms with Gasteiger partial charge in [-0.2, -0.15) is 5.10 Å². The molecule has 1 heterocycles. The predicted molar refractivity (Wildman–Crippen MR) is 131 cm³/mol. The summed E-state index contributed by atoms with van der Waals surface area (Å²) in [6, 6.07) is 4.78. The smallest absolute Gasteiger partial charge is 0.404 e. The fourth-order valence-corrected chi connectivity index (χ4v) is 5.09. The highest BCUT2D eigenvalue weighted by atomic mass is 35.5. The lowest BCUT2D eigenvalue weighted by molar-refractivity contribution is 0.195. The molecule has 0 unspecified atom stereocenters. The van der Waals surface area contributed by atoms with Crippen LogP contribution in [0.3, 0.4) is 0 Å². The summed E-state index contributed by atoms with van der Waals surface area (Å²) in [5.74, 6) is -0.378. The van der Waals surface area contributed by atoms with Crippen molar-refractivity contribution in [3.05, 3.63) is 57.6 Å². The molecule has 1 amide bonds. The first-order valence-electron chi connectivity index (χ1n) is 10.9. The van der Waals surface area contributed by atoms with E-state index in [0.29, 0.717) is 6.54 Å². The topological polar surface area (TPSA) is 105 Å². The Morgan fingerprint density at radius 3 is 2.41 bits per heavy atom. The summed E-state index contributed by atoms with van der Waals surface area (Å²) >= 11 is 6.31. The van der Waals surface area contributed by atoms with Gasteiger partial charge < -0.3 is 10.4 Å². The molecular formula is C23H32ClFN4O4S. The molecule has 188 valence electrons. The number of carboxylic acid groups (broad SMARTS) is 1. The molecule has 2 aromatic rings. The molecule has 0 bridgehead atoms. The number of sulfonamides is 1. The molecular weight excluding hydrogens is 483 g/mol. The van der Waals surface area contributed by atoms with Crippen molar-refractivity contribution in [3.63, 3.8) is 0 Å². The van der Waals surface area contributed by atoms with Gasteiger partial charge in [-0.15, -0.1) is 0 Å². The largest absolute Gasteiger partial charge is 0.465 e. The third kappa shape index (κ3) is 6.58. The van der Waals surface area contributed by atoms with Crippen LogP contribution in [0.15, 0.2) is 35.0 Å². The Hall–Kier alpha value is -2.43. The highest BCUT2D eigenvalue weighted by Crippen LogP contribution is 2.31. The molecule has 0 aliphatic heterocycles. The number of nitrogens with zero attached hydrogens (tertiary/aromatic N) is 3. The van der Waals surface area contributed by atoms with Crippen LogP contribution in [0, 0.1) is 0 Å². The van der Waals surface area contributed by atoms with E-state index in [1.165, 1.54) is 26.2 Å². The van der Waals surface area contributed by atoms with Crippen LogP contribution in [0.1, 0.15) is 62.0 Å². The molecule has 0 aliphatic rings. The van der Waals surface area contributed by atoms with Crippen LogP contribution in [0.4, 0.5) is 9.18 Å². The minimum absolute atomic E-state index is 0.00307. The van der Waals surface area contributed by atoms with Crippen molar-refractivity contribution in [3.8, 4) is 0 Å². The zero-order valence-electron chi connectivity index (χ0n) is 20.3. The maximum absolute atomic E-state index is 14.6. The number of carbonyl (C=O) groups is 1. The van der Waals surface area contributed by atoms with Gasteiger partial charge in [0.05, 0.1) is 17.3 Å². The number of benzene rings is 1. The molecule has 8 nitrogen and oxygen atoms in total. The molecule has 0 radical (unpaired) electrons. The second kappa shape index (κ2) is 11.3. The maximum Gasteiger partial charge on any atom is 0.404 e. The zero-order valence-corrected chi connectivity index (χ0v) is 21.8. The number of halogens is 2. The number of amides is 1. The van der Waals surface area contributed by atoms with E-state index in [1.807, 2.05) is 32.4 Å². The van der Waals surface area contributed by atoms with Gasteiger partial charge in [0.25, 0.3) is 0 Å². The van der Waals surface area contributed by atoms with Crippen LogP contribution in [-0.2, 0) is 23.0 Å². The average molecular weight is 515 g/mol. The number of aromatic nitrogens is 2. The van der Waals surface area contributed by atoms with Crippen molar-refractivity contribution < 1.29 is 22.7 Å². The van der Waals surface area contributed by atoms with Crippen molar-refractivity contribution >= 4 is 27.7 Å². The van der Waals surface area contributed by atoms with Gasteiger partial charge in [-0.3, -0.25) is 4.68 Å². The van der Waals surface area contributed by atoms with E-state index in [4.69, 9.17) is 21.8 Å². The molecule has 0 fully saturated rings. The Morgan fingerprint density at radius 2 is 1.91 bits per heavy atom. The average Bonchev–Trinajstić information content (AvgIpc) is 3.05. The highest BCUT2D eigenvalue weighted by Gasteiger charge is 2.24. The third-order valence-corrected chi connectivity index (χ3v) is 7.53. The van der Waals surface area contributed by atoms with E-state index in [9.17, 15) is 17.6 Å². The number of nitrogens with one attached hydrogen (secondary N) is 1. The van der Waals surface area contributed by atoms with E-state index in [0.717, 1.165) is 26.8 Å². The van der Waals surface area contributed by atoms with Gasteiger partial charge in [-0.25, -0.2) is 21.9 Å². The van der Waals surface area contributed by atoms with Crippen LogP contribution in [0.5, 0.6) is 0 Å². The standard InChI is InChI=1S/C23H32ClFN4O4S/c1-14(2)21-18(12-17(25)9-10-26-23(30)31)22(15(3)4)29(27-21)13-16-7-8-20(19(24)11-16)34(32,33)28(5)6/h7-9,11,14-15,26H,10,12-13H2,1-6H3,(H,30,31)/b17-9-. The summed E-state index contributed by atoms with van der Waals surface area (Å²) in [6.45, 7) is 8.16.